The van der Waals surface area contributed by atoms with Crippen LogP contribution in [0.15, 0.2) is 42.5 Å². The highest BCUT2D eigenvalue weighted by Gasteiger charge is 2.17. The number of carbonyl (C=O) groups is 2. The van der Waals surface area contributed by atoms with Crippen molar-refractivity contribution in [1.29, 1.82) is 0 Å². The van der Waals surface area contributed by atoms with E-state index in [4.69, 9.17) is 16.3 Å². The molecule has 132 valence electrons. The zero-order valence-electron chi connectivity index (χ0n) is 14.5. The molecule has 2 aromatic carbocycles. The second-order valence-electron chi connectivity index (χ2n) is 5.55. The summed E-state index contributed by atoms with van der Waals surface area (Å²) < 4.78 is 5.30. The fraction of sp³-hybridized carbons (Fsp3) is 0.263. The van der Waals surface area contributed by atoms with Crippen LogP contribution in [0.5, 0.6) is 5.75 Å². The maximum atomic E-state index is 12.3. The number of anilines is 2. The lowest BCUT2D eigenvalue weighted by Crippen LogP contribution is -2.32. The molecule has 6 heteroatoms. The number of hydrogen-bond donors (Lipinski definition) is 1. The van der Waals surface area contributed by atoms with E-state index in [1.54, 1.807) is 37.4 Å². The molecule has 0 fully saturated rings. The predicted octanol–water partition coefficient (Wildman–Crippen LogP) is 4.04. The number of nitrogens with one attached hydrogen (secondary N) is 1. The number of carbonyl (C=O) groups excluding carboxylic acids is 2. The Morgan fingerprint density at radius 1 is 1.16 bits per heavy atom. The number of amides is 2. The molecule has 0 bridgehead atoms. The molecule has 0 saturated heterocycles. The van der Waals surface area contributed by atoms with Crippen molar-refractivity contribution in [1.82, 2.24) is 0 Å². The summed E-state index contributed by atoms with van der Waals surface area (Å²) in [5.74, 6) is 0.242. The second kappa shape index (κ2) is 8.53. The number of halogens is 1. The third kappa shape index (κ3) is 4.73. The number of nitrogens with zero attached hydrogens (tertiary/aromatic N) is 1. The number of para-hydroxylation sites is 2. The van der Waals surface area contributed by atoms with Crippen LogP contribution in [0, 0.1) is 6.92 Å². The van der Waals surface area contributed by atoms with Crippen molar-refractivity contribution in [2.75, 3.05) is 23.9 Å². The minimum atomic E-state index is -0.188. The Kier molecular flexibility index (Phi) is 6.42. The minimum Gasteiger partial charge on any atom is -0.495 e. The van der Waals surface area contributed by atoms with Crippen molar-refractivity contribution in [3.05, 3.63) is 53.1 Å². The van der Waals surface area contributed by atoms with Gasteiger partial charge in [0, 0.05) is 30.6 Å². The van der Waals surface area contributed by atoms with Crippen LogP contribution < -0.4 is 15.0 Å². The van der Waals surface area contributed by atoms with Gasteiger partial charge >= 0.3 is 0 Å². The molecule has 0 aliphatic rings. The van der Waals surface area contributed by atoms with E-state index in [-0.39, 0.29) is 24.8 Å². The molecule has 0 aliphatic carbocycles. The van der Waals surface area contributed by atoms with E-state index < -0.39 is 0 Å². The molecule has 0 spiro atoms. The second-order valence-corrected chi connectivity index (χ2v) is 5.96. The number of rotatable bonds is 6. The largest absolute Gasteiger partial charge is 0.495 e. The SMILES string of the molecule is COc1ccccc1N(CCC(=O)Nc1cccc(Cl)c1C)C(C)=O. The molecule has 1 N–H and O–H groups in total. The van der Waals surface area contributed by atoms with Crippen LogP contribution in [0.3, 0.4) is 0 Å². The molecule has 2 amide bonds. The first-order valence-electron chi connectivity index (χ1n) is 7.90. The van der Waals surface area contributed by atoms with Crippen molar-refractivity contribution >= 4 is 34.8 Å². The van der Waals surface area contributed by atoms with Crippen LogP contribution in [0.1, 0.15) is 18.9 Å². The average Bonchev–Trinajstić information content (AvgIpc) is 2.59. The van der Waals surface area contributed by atoms with Gasteiger partial charge in [-0.25, -0.2) is 0 Å². The van der Waals surface area contributed by atoms with E-state index in [0.29, 0.717) is 22.1 Å². The molecule has 2 aromatic rings. The Morgan fingerprint density at radius 3 is 2.56 bits per heavy atom. The third-order valence-corrected chi connectivity index (χ3v) is 4.27. The maximum absolute atomic E-state index is 12.3. The van der Waals surface area contributed by atoms with Crippen LogP contribution in [0.2, 0.25) is 5.02 Å². The van der Waals surface area contributed by atoms with Crippen molar-refractivity contribution in [2.45, 2.75) is 20.3 Å². The molecule has 0 atom stereocenters. The number of ether oxygens (including phenoxy) is 1. The lowest BCUT2D eigenvalue weighted by molar-refractivity contribution is -0.117. The van der Waals surface area contributed by atoms with Gasteiger partial charge in [-0.3, -0.25) is 9.59 Å². The van der Waals surface area contributed by atoms with E-state index in [9.17, 15) is 9.59 Å². The molecule has 0 heterocycles. The van der Waals surface area contributed by atoms with Gasteiger partial charge in [-0.2, -0.15) is 0 Å². The summed E-state index contributed by atoms with van der Waals surface area (Å²) in [6.45, 7) is 3.56. The highest BCUT2D eigenvalue weighted by molar-refractivity contribution is 6.31. The highest BCUT2D eigenvalue weighted by Crippen LogP contribution is 2.28. The summed E-state index contributed by atoms with van der Waals surface area (Å²) >= 11 is 6.06. The van der Waals surface area contributed by atoms with Gasteiger partial charge in [-0.05, 0) is 36.8 Å². The summed E-state index contributed by atoms with van der Waals surface area (Å²) in [7, 11) is 1.55. The molecular formula is C19H21ClN2O3. The van der Waals surface area contributed by atoms with Gasteiger partial charge in [0.05, 0.1) is 12.8 Å². The minimum absolute atomic E-state index is 0.156. The number of benzene rings is 2. The average molecular weight is 361 g/mol. The summed E-state index contributed by atoms with van der Waals surface area (Å²) in [6.07, 6.45) is 0.156. The molecule has 0 unspecified atom stereocenters. The molecule has 2 rings (SSSR count). The molecular weight excluding hydrogens is 340 g/mol. The smallest absolute Gasteiger partial charge is 0.226 e. The van der Waals surface area contributed by atoms with Gasteiger partial charge in [-0.1, -0.05) is 29.8 Å². The lowest BCUT2D eigenvalue weighted by Gasteiger charge is -2.23. The van der Waals surface area contributed by atoms with Crippen molar-refractivity contribution in [3.8, 4) is 5.75 Å². The molecule has 0 radical (unpaired) electrons. The number of hydrogen-bond acceptors (Lipinski definition) is 3. The van der Waals surface area contributed by atoms with E-state index in [1.165, 1.54) is 11.8 Å². The summed E-state index contributed by atoms with van der Waals surface area (Å²) in [6, 6.07) is 12.6. The first kappa shape index (κ1) is 18.8. The lowest BCUT2D eigenvalue weighted by atomic mass is 10.2. The molecule has 0 saturated carbocycles. The Morgan fingerprint density at radius 2 is 1.88 bits per heavy atom. The van der Waals surface area contributed by atoms with Crippen LogP contribution in [-0.4, -0.2) is 25.5 Å². The quantitative estimate of drug-likeness (QED) is 0.845. The van der Waals surface area contributed by atoms with Gasteiger partial charge in [0.1, 0.15) is 5.75 Å². The molecule has 0 aromatic heterocycles. The highest BCUT2D eigenvalue weighted by atomic mass is 35.5. The standard InChI is InChI=1S/C19H21ClN2O3/c1-13-15(20)7-6-8-16(13)21-19(24)11-12-22(14(2)23)17-9-4-5-10-18(17)25-3/h4-10H,11-12H2,1-3H3,(H,21,24). The van der Waals surface area contributed by atoms with Crippen LogP contribution in [-0.2, 0) is 9.59 Å². The fourth-order valence-electron chi connectivity index (χ4n) is 2.47. The Bertz CT molecular complexity index is 777. The zero-order valence-corrected chi connectivity index (χ0v) is 15.3. The van der Waals surface area contributed by atoms with Gasteiger partial charge in [0.15, 0.2) is 0 Å². The summed E-state index contributed by atoms with van der Waals surface area (Å²) in [5, 5.41) is 3.43. The molecule has 0 aliphatic heterocycles. The van der Waals surface area contributed by atoms with Crippen molar-refractivity contribution < 1.29 is 14.3 Å². The summed E-state index contributed by atoms with van der Waals surface area (Å²) in [4.78, 5) is 25.8. The van der Waals surface area contributed by atoms with Gasteiger partial charge in [-0.15, -0.1) is 0 Å². The molecule has 5 nitrogen and oxygen atoms in total. The topological polar surface area (TPSA) is 58.6 Å². The molecule has 25 heavy (non-hydrogen) atoms. The monoisotopic (exact) mass is 360 g/mol. The maximum Gasteiger partial charge on any atom is 0.226 e. The van der Waals surface area contributed by atoms with Gasteiger partial charge in [0.2, 0.25) is 11.8 Å². The zero-order chi connectivity index (χ0) is 18.4. The first-order chi connectivity index (χ1) is 11.9. The first-order valence-corrected chi connectivity index (χ1v) is 8.28. The Labute approximate surface area is 152 Å². The van der Waals surface area contributed by atoms with Crippen LogP contribution in [0.25, 0.3) is 0 Å². The fourth-order valence-corrected chi connectivity index (χ4v) is 2.64. The predicted molar refractivity (Wildman–Crippen MR) is 100 cm³/mol. The van der Waals surface area contributed by atoms with E-state index in [1.807, 2.05) is 19.1 Å². The van der Waals surface area contributed by atoms with E-state index in [2.05, 4.69) is 5.32 Å². The Balaban J connectivity index is 2.07. The van der Waals surface area contributed by atoms with E-state index >= 15 is 0 Å². The van der Waals surface area contributed by atoms with Crippen molar-refractivity contribution in [3.63, 3.8) is 0 Å². The third-order valence-electron chi connectivity index (χ3n) is 3.86. The van der Waals surface area contributed by atoms with E-state index in [0.717, 1.165) is 5.56 Å². The summed E-state index contributed by atoms with van der Waals surface area (Å²) in [5.41, 5.74) is 2.12. The van der Waals surface area contributed by atoms with Gasteiger partial charge in [0.25, 0.3) is 0 Å². The normalized spacial score (nSPS) is 10.2. The van der Waals surface area contributed by atoms with Crippen molar-refractivity contribution in [2.24, 2.45) is 0 Å². The Hall–Kier alpha value is -2.53. The van der Waals surface area contributed by atoms with Gasteiger partial charge < -0.3 is 15.0 Å². The van der Waals surface area contributed by atoms with Crippen LogP contribution in [0.4, 0.5) is 11.4 Å². The van der Waals surface area contributed by atoms with Crippen LogP contribution >= 0.6 is 11.6 Å². The number of methoxy groups -OCH3 is 1.